The first kappa shape index (κ1) is 37.0. The summed E-state index contributed by atoms with van der Waals surface area (Å²) < 4.78 is 36.7. The summed E-state index contributed by atoms with van der Waals surface area (Å²) in [5.41, 5.74) is 2.81. The molecule has 55 heavy (non-hydrogen) atoms. The van der Waals surface area contributed by atoms with Crippen LogP contribution in [-0.2, 0) is 30.7 Å². The second kappa shape index (κ2) is 14.3. The van der Waals surface area contributed by atoms with Crippen LogP contribution in [0, 0.1) is 35.4 Å². The predicted octanol–water partition coefficient (Wildman–Crippen LogP) is 4.29. The van der Waals surface area contributed by atoms with Gasteiger partial charge in [0.1, 0.15) is 24.4 Å². The van der Waals surface area contributed by atoms with E-state index in [0.29, 0.717) is 64.2 Å². The highest BCUT2D eigenvalue weighted by Crippen LogP contribution is 2.45. The molecule has 2 bridgehead atoms. The van der Waals surface area contributed by atoms with Crippen molar-refractivity contribution in [1.82, 2.24) is 29.7 Å². The molecule has 5 aliphatic rings. The van der Waals surface area contributed by atoms with Crippen molar-refractivity contribution in [2.45, 2.75) is 94.5 Å². The van der Waals surface area contributed by atoms with Crippen molar-refractivity contribution in [3.05, 3.63) is 88.6 Å². The number of terminal acetylenes is 1. The number of likely N-dealkylation sites (tertiary alicyclic amines) is 1. The second-order valence-corrected chi connectivity index (χ2v) is 16.4. The standard InChI is InChI=1S/C42H46F2N8O3/c1-5-31-33(44)8-7-27-16-42(4,54)18-35(38(27)31)49-14-11-32-34(23-49)47-40(55-25-41(3)17-29(43)21-51(41)20-26-9-12-46-13-10-26)48-39(32)50-22-30-15-28(19-45)36(24-50)52(30)37(53)6-2/h1,6-10,12-13,28-30,35-36,54H,2,11,14-18,20-25H2,3-4H3/t28?,29-,30-,35-,36-,41+,42+/m1/s1. The van der Waals surface area contributed by atoms with Crippen LogP contribution in [0.2, 0.25) is 0 Å². The number of ether oxygens (including phenoxy) is 1. The molecule has 0 saturated carbocycles. The van der Waals surface area contributed by atoms with Crippen LogP contribution in [-0.4, -0.2) is 103 Å². The SMILES string of the molecule is C#Cc1c(F)ccc2c1[C@H](N1CCc3c(nc(OC[C@]4(C)C[C@@H](F)CN4Cc4ccncc4)nc3N3C[C@H]4CC(C#N)[C@@H](C3)N4C(=O)C=C)C1)C[C@@](C)(O)C2. The number of rotatable bonds is 8. The van der Waals surface area contributed by atoms with Crippen LogP contribution in [0.1, 0.15) is 72.7 Å². The summed E-state index contributed by atoms with van der Waals surface area (Å²) >= 11 is 0. The van der Waals surface area contributed by atoms with Crippen LogP contribution in [0.15, 0.2) is 49.3 Å². The number of nitrogens with zero attached hydrogens (tertiary/aromatic N) is 8. The molecule has 6 heterocycles. The van der Waals surface area contributed by atoms with Gasteiger partial charge < -0.3 is 19.6 Å². The monoisotopic (exact) mass is 748 g/mol. The van der Waals surface area contributed by atoms with Crippen LogP contribution in [0.3, 0.4) is 0 Å². The molecule has 286 valence electrons. The summed E-state index contributed by atoms with van der Waals surface area (Å²) in [4.78, 5) is 35.3. The molecule has 1 unspecified atom stereocenters. The number of benzene rings is 1. The number of fused-ring (bicyclic) bond motifs is 4. The van der Waals surface area contributed by atoms with Gasteiger partial charge in [-0.3, -0.25) is 19.6 Å². The number of carbonyl (C=O) groups excluding carboxylic acids is 1. The third-order valence-electron chi connectivity index (χ3n) is 12.4. The molecule has 1 aliphatic carbocycles. The van der Waals surface area contributed by atoms with Crippen LogP contribution in [0.5, 0.6) is 6.01 Å². The lowest BCUT2D eigenvalue weighted by Gasteiger charge is -2.45. The van der Waals surface area contributed by atoms with Gasteiger partial charge in [0.15, 0.2) is 0 Å². The molecule has 4 aliphatic heterocycles. The summed E-state index contributed by atoms with van der Waals surface area (Å²) in [6.07, 6.45) is 11.8. The summed E-state index contributed by atoms with van der Waals surface area (Å²) in [6.45, 7) is 10.3. The van der Waals surface area contributed by atoms with E-state index in [1.165, 1.54) is 12.1 Å². The lowest BCUT2D eigenvalue weighted by atomic mass is 9.75. The van der Waals surface area contributed by atoms with Crippen molar-refractivity contribution >= 4 is 11.7 Å². The zero-order chi connectivity index (χ0) is 38.6. The van der Waals surface area contributed by atoms with E-state index in [1.54, 1.807) is 30.3 Å². The highest BCUT2D eigenvalue weighted by Gasteiger charge is 2.49. The average Bonchev–Trinajstić information content (AvgIpc) is 3.58. The molecular weight excluding hydrogens is 703 g/mol. The number of amides is 1. The maximum atomic E-state index is 15.2. The molecule has 3 saturated heterocycles. The molecule has 11 nitrogen and oxygen atoms in total. The Morgan fingerprint density at radius 3 is 2.73 bits per heavy atom. The van der Waals surface area contributed by atoms with E-state index in [0.717, 1.165) is 27.9 Å². The van der Waals surface area contributed by atoms with Gasteiger partial charge in [0.05, 0.1) is 46.5 Å². The van der Waals surface area contributed by atoms with Gasteiger partial charge in [0, 0.05) is 76.1 Å². The quantitative estimate of drug-likeness (QED) is 0.264. The molecule has 3 fully saturated rings. The van der Waals surface area contributed by atoms with Gasteiger partial charge in [-0.2, -0.15) is 15.2 Å². The number of pyridine rings is 1. The van der Waals surface area contributed by atoms with Gasteiger partial charge >= 0.3 is 6.01 Å². The van der Waals surface area contributed by atoms with E-state index < -0.39 is 23.1 Å². The Labute approximate surface area is 320 Å². The maximum Gasteiger partial charge on any atom is 0.318 e. The Kier molecular flexibility index (Phi) is 9.61. The number of anilines is 1. The molecule has 2 aromatic heterocycles. The number of carbonyl (C=O) groups is 1. The highest BCUT2D eigenvalue weighted by atomic mass is 19.1. The molecule has 3 aromatic rings. The molecule has 0 radical (unpaired) electrons. The third-order valence-corrected chi connectivity index (χ3v) is 12.4. The number of hydrogen-bond donors (Lipinski definition) is 1. The minimum Gasteiger partial charge on any atom is -0.461 e. The predicted molar refractivity (Wildman–Crippen MR) is 201 cm³/mol. The van der Waals surface area contributed by atoms with Crippen LogP contribution in [0.25, 0.3) is 0 Å². The summed E-state index contributed by atoms with van der Waals surface area (Å²) in [5, 5.41) is 21.5. The topological polar surface area (TPSA) is 122 Å². The minimum atomic E-state index is -1.03. The van der Waals surface area contributed by atoms with E-state index in [4.69, 9.17) is 21.1 Å². The maximum absolute atomic E-state index is 15.2. The number of nitriles is 1. The first-order valence-electron chi connectivity index (χ1n) is 19.0. The van der Waals surface area contributed by atoms with Crippen molar-refractivity contribution in [2.24, 2.45) is 5.92 Å². The summed E-state index contributed by atoms with van der Waals surface area (Å²) in [6, 6.07) is 8.64. The number of alkyl halides is 1. The molecule has 1 N–H and O–H groups in total. The van der Waals surface area contributed by atoms with Crippen LogP contribution >= 0.6 is 0 Å². The van der Waals surface area contributed by atoms with Gasteiger partial charge in [0.2, 0.25) is 5.91 Å². The van der Waals surface area contributed by atoms with E-state index in [1.807, 2.05) is 19.1 Å². The van der Waals surface area contributed by atoms with E-state index in [-0.39, 0.29) is 61.1 Å². The molecular formula is C42H46F2N8O3. The fourth-order valence-electron chi connectivity index (χ4n) is 9.82. The minimum absolute atomic E-state index is 0.146. The number of aliphatic hydroxyl groups is 1. The Hall–Kier alpha value is -4.95. The smallest absolute Gasteiger partial charge is 0.318 e. The first-order valence-corrected chi connectivity index (χ1v) is 19.0. The normalized spacial score (nSPS) is 30.3. The first-order chi connectivity index (χ1) is 26.4. The third kappa shape index (κ3) is 6.83. The van der Waals surface area contributed by atoms with E-state index in [9.17, 15) is 15.2 Å². The lowest BCUT2D eigenvalue weighted by molar-refractivity contribution is -0.129. The van der Waals surface area contributed by atoms with Gasteiger partial charge in [-0.1, -0.05) is 18.6 Å². The summed E-state index contributed by atoms with van der Waals surface area (Å²) in [5.74, 6) is 2.31. The zero-order valence-electron chi connectivity index (χ0n) is 31.3. The van der Waals surface area contributed by atoms with Crippen LogP contribution < -0.4 is 9.64 Å². The van der Waals surface area contributed by atoms with Crippen molar-refractivity contribution in [3.63, 3.8) is 0 Å². The van der Waals surface area contributed by atoms with Crippen LogP contribution in [0.4, 0.5) is 14.6 Å². The van der Waals surface area contributed by atoms with Gasteiger partial charge in [-0.25, -0.2) is 8.78 Å². The van der Waals surface area contributed by atoms with Crippen molar-refractivity contribution in [2.75, 3.05) is 37.7 Å². The summed E-state index contributed by atoms with van der Waals surface area (Å²) in [7, 11) is 0. The number of halogens is 2. The van der Waals surface area contributed by atoms with Crippen molar-refractivity contribution in [1.29, 1.82) is 5.26 Å². The van der Waals surface area contributed by atoms with Crippen molar-refractivity contribution in [3.8, 4) is 24.4 Å². The largest absolute Gasteiger partial charge is 0.461 e. The second-order valence-electron chi connectivity index (χ2n) is 16.4. The Bertz CT molecular complexity index is 2080. The molecule has 1 amide bonds. The molecule has 7 atom stereocenters. The molecule has 8 rings (SSSR count). The van der Waals surface area contributed by atoms with E-state index >= 15 is 8.78 Å². The fourth-order valence-corrected chi connectivity index (χ4v) is 9.82. The Morgan fingerprint density at radius 2 is 1.98 bits per heavy atom. The molecule has 0 spiro atoms. The number of piperazine rings is 1. The Morgan fingerprint density at radius 1 is 1.18 bits per heavy atom. The molecule has 1 aromatic carbocycles. The molecule has 13 heteroatoms. The van der Waals surface area contributed by atoms with Gasteiger partial charge in [-0.05, 0) is 74.1 Å². The van der Waals surface area contributed by atoms with Crippen molar-refractivity contribution < 1.29 is 23.4 Å². The highest BCUT2D eigenvalue weighted by molar-refractivity contribution is 5.88. The number of hydrogen-bond acceptors (Lipinski definition) is 10. The zero-order valence-corrected chi connectivity index (χ0v) is 31.3. The lowest BCUT2D eigenvalue weighted by Crippen LogP contribution is -2.57. The Balaban J connectivity index is 1.14. The number of aromatic nitrogens is 3. The fraction of sp³-hybridized carbons (Fsp3) is 0.500. The van der Waals surface area contributed by atoms with Gasteiger partial charge in [-0.15, -0.1) is 6.42 Å². The van der Waals surface area contributed by atoms with Gasteiger partial charge in [0.25, 0.3) is 0 Å². The average molecular weight is 749 g/mol. The van der Waals surface area contributed by atoms with E-state index in [2.05, 4.69) is 38.3 Å².